The molecule has 0 aliphatic heterocycles. The summed E-state index contributed by atoms with van der Waals surface area (Å²) in [6.07, 6.45) is 3.75. The molecule has 0 aromatic carbocycles. The van der Waals surface area contributed by atoms with E-state index in [9.17, 15) is 0 Å². The number of pyridine rings is 1. The van der Waals surface area contributed by atoms with E-state index in [1.165, 1.54) is 11.1 Å². The molecule has 1 N–H and O–H groups in total. The summed E-state index contributed by atoms with van der Waals surface area (Å²) in [4.78, 5) is 4.18. The Morgan fingerprint density at radius 3 is 2.76 bits per heavy atom. The summed E-state index contributed by atoms with van der Waals surface area (Å²) in [6.45, 7) is 6.91. The summed E-state index contributed by atoms with van der Waals surface area (Å²) < 4.78 is 5.58. The van der Waals surface area contributed by atoms with Gasteiger partial charge in [0.2, 0.25) is 0 Å². The number of nitrogens with one attached hydrogen (secondary N) is 1. The van der Waals surface area contributed by atoms with Gasteiger partial charge in [-0.05, 0) is 44.0 Å². The monoisotopic (exact) mass is 230 g/mol. The van der Waals surface area contributed by atoms with Crippen LogP contribution in [0.25, 0.3) is 0 Å². The maximum Gasteiger partial charge on any atom is 0.120 e. The van der Waals surface area contributed by atoms with Crippen molar-refractivity contribution in [1.29, 1.82) is 0 Å². The van der Waals surface area contributed by atoms with Gasteiger partial charge in [-0.3, -0.25) is 4.98 Å². The molecule has 0 saturated carbocycles. The lowest BCUT2D eigenvalue weighted by Crippen LogP contribution is -2.17. The fourth-order valence-electron chi connectivity index (χ4n) is 1.77. The normalized spacial score (nSPS) is 12.6. The lowest BCUT2D eigenvalue weighted by atomic mass is 10.2. The molecular formula is C14H18N2O. The predicted octanol–water partition coefficient (Wildman–Crippen LogP) is 3.14. The number of hydrogen-bond donors (Lipinski definition) is 1. The third-order valence-electron chi connectivity index (χ3n) is 2.73. The average molecular weight is 230 g/mol. The van der Waals surface area contributed by atoms with Crippen LogP contribution < -0.4 is 5.32 Å². The largest absolute Gasteiger partial charge is 0.465 e. The van der Waals surface area contributed by atoms with Crippen molar-refractivity contribution in [2.24, 2.45) is 0 Å². The average Bonchev–Trinajstić information content (AvgIpc) is 2.73. The van der Waals surface area contributed by atoms with Gasteiger partial charge in [0.1, 0.15) is 11.5 Å². The number of furan rings is 1. The Morgan fingerprint density at radius 2 is 2.12 bits per heavy atom. The first-order valence-corrected chi connectivity index (χ1v) is 5.85. The van der Waals surface area contributed by atoms with Crippen molar-refractivity contribution in [3.05, 3.63) is 53.2 Å². The Balaban J connectivity index is 1.94. The number of rotatable bonds is 4. The lowest BCUT2D eigenvalue weighted by molar-refractivity contribution is 0.415. The molecule has 3 heteroatoms. The van der Waals surface area contributed by atoms with E-state index < -0.39 is 0 Å². The van der Waals surface area contributed by atoms with Crippen molar-refractivity contribution in [1.82, 2.24) is 10.3 Å². The number of aryl methyl sites for hydroxylation is 2. The van der Waals surface area contributed by atoms with E-state index in [0.29, 0.717) is 0 Å². The van der Waals surface area contributed by atoms with Gasteiger partial charge in [-0.2, -0.15) is 0 Å². The quantitative estimate of drug-likeness (QED) is 0.876. The Morgan fingerprint density at radius 1 is 1.29 bits per heavy atom. The molecule has 0 saturated heterocycles. The summed E-state index contributed by atoms with van der Waals surface area (Å²) in [5.41, 5.74) is 2.38. The van der Waals surface area contributed by atoms with Gasteiger partial charge in [-0.15, -0.1) is 0 Å². The van der Waals surface area contributed by atoms with E-state index in [1.807, 2.05) is 31.5 Å². The van der Waals surface area contributed by atoms with Crippen LogP contribution in [0, 0.1) is 13.8 Å². The maximum atomic E-state index is 5.58. The molecule has 1 unspecified atom stereocenters. The molecule has 0 amide bonds. The molecule has 1 atom stereocenters. The second-order valence-electron chi connectivity index (χ2n) is 4.42. The summed E-state index contributed by atoms with van der Waals surface area (Å²) in [6, 6.07) is 6.35. The lowest BCUT2D eigenvalue weighted by Gasteiger charge is -2.11. The van der Waals surface area contributed by atoms with Crippen molar-refractivity contribution in [2.75, 3.05) is 0 Å². The van der Waals surface area contributed by atoms with E-state index in [-0.39, 0.29) is 6.04 Å². The summed E-state index contributed by atoms with van der Waals surface area (Å²) in [5, 5.41) is 3.42. The predicted molar refractivity (Wildman–Crippen MR) is 67.7 cm³/mol. The van der Waals surface area contributed by atoms with Crippen LogP contribution in [0.5, 0.6) is 0 Å². The highest BCUT2D eigenvalue weighted by atomic mass is 16.3. The minimum Gasteiger partial charge on any atom is -0.465 e. The van der Waals surface area contributed by atoms with Crippen LogP contribution in [0.4, 0.5) is 0 Å². The van der Waals surface area contributed by atoms with Crippen molar-refractivity contribution < 1.29 is 4.42 Å². The van der Waals surface area contributed by atoms with Crippen LogP contribution in [-0.4, -0.2) is 4.98 Å². The van der Waals surface area contributed by atoms with Gasteiger partial charge in [-0.25, -0.2) is 0 Å². The number of nitrogens with zero attached hydrogens (tertiary/aromatic N) is 1. The van der Waals surface area contributed by atoms with Crippen LogP contribution in [-0.2, 0) is 6.54 Å². The van der Waals surface area contributed by atoms with Gasteiger partial charge in [0, 0.05) is 18.9 Å². The Bertz CT molecular complexity index is 490. The van der Waals surface area contributed by atoms with Crippen LogP contribution in [0.2, 0.25) is 0 Å². The molecule has 0 aliphatic carbocycles. The van der Waals surface area contributed by atoms with Gasteiger partial charge in [0.15, 0.2) is 0 Å². The molecule has 2 heterocycles. The third-order valence-corrected chi connectivity index (χ3v) is 2.73. The van der Waals surface area contributed by atoms with E-state index in [2.05, 4.69) is 30.2 Å². The first-order chi connectivity index (χ1) is 8.15. The molecule has 2 rings (SSSR count). The minimum atomic E-state index is 0.212. The van der Waals surface area contributed by atoms with Crippen molar-refractivity contribution in [3.63, 3.8) is 0 Å². The van der Waals surface area contributed by atoms with Crippen molar-refractivity contribution in [3.8, 4) is 0 Å². The second kappa shape index (κ2) is 5.15. The highest BCUT2D eigenvalue weighted by Crippen LogP contribution is 2.16. The minimum absolute atomic E-state index is 0.212. The Kier molecular flexibility index (Phi) is 3.59. The molecule has 0 fully saturated rings. The second-order valence-corrected chi connectivity index (χ2v) is 4.42. The molecule has 2 aromatic rings. The molecular weight excluding hydrogens is 212 g/mol. The Hall–Kier alpha value is -1.61. The van der Waals surface area contributed by atoms with Gasteiger partial charge >= 0.3 is 0 Å². The van der Waals surface area contributed by atoms with Gasteiger partial charge in [0.25, 0.3) is 0 Å². The first kappa shape index (κ1) is 11.9. The van der Waals surface area contributed by atoms with Crippen LogP contribution >= 0.6 is 0 Å². The first-order valence-electron chi connectivity index (χ1n) is 5.85. The van der Waals surface area contributed by atoms with E-state index in [4.69, 9.17) is 4.42 Å². The van der Waals surface area contributed by atoms with E-state index in [1.54, 1.807) is 0 Å². The fourth-order valence-corrected chi connectivity index (χ4v) is 1.77. The summed E-state index contributed by atoms with van der Waals surface area (Å²) >= 11 is 0. The fraction of sp³-hybridized carbons (Fsp3) is 0.357. The molecule has 0 aliphatic rings. The third kappa shape index (κ3) is 3.17. The molecule has 0 radical (unpaired) electrons. The van der Waals surface area contributed by atoms with Crippen LogP contribution in [0.15, 0.2) is 35.0 Å². The topological polar surface area (TPSA) is 38.1 Å². The summed E-state index contributed by atoms with van der Waals surface area (Å²) in [7, 11) is 0. The smallest absolute Gasteiger partial charge is 0.120 e. The van der Waals surface area contributed by atoms with Crippen molar-refractivity contribution >= 4 is 0 Å². The van der Waals surface area contributed by atoms with Gasteiger partial charge in [-0.1, -0.05) is 6.07 Å². The van der Waals surface area contributed by atoms with Gasteiger partial charge in [0.05, 0.1) is 6.04 Å². The van der Waals surface area contributed by atoms with E-state index in [0.717, 1.165) is 18.1 Å². The summed E-state index contributed by atoms with van der Waals surface area (Å²) in [5.74, 6) is 1.92. The molecule has 3 nitrogen and oxygen atoms in total. The number of aromatic nitrogens is 1. The molecule has 0 bridgehead atoms. The zero-order valence-corrected chi connectivity index (χ0v) is 10.5. The molecule has 0 spiro atoms. The molecule has 17 heavy (non-hydrogen) atoms. The molecule has 2 aromatic heterocycles. The highest BCUT2D eigenvalue weighted by Gasteiger charge is 2.08. The zero-order chi connectivity index (χ0) is 12.3. The Labute approximate surface area is 102 Å². The van der Waals surface area contributed by atoms with Crippen LogP contribution in [0.1, 0.15) is 35.6 Å². The SMILES string of the molecule is Cc1cncc(CNC(C)c2ccc(C)o2)c1. The zero-order valence-electron chi connectivity index (χ0n) is 10.5. The molecule has 90 valence electrons. The standard InChI is InChI=1S/C14H18N2O/c1-10-6-13(8-15-7-10)9-16-12(3)14-5-4-11(2)17-14/h4-8,12,16H,9H2,1-3H3. The number of hydrogen-bond acceptors (Lipinski definition) is 3. The maximum absolute atomic E-state index is 5.58. The van der Waals surface area contributed by atoms with Crippen LogP contribution in [0.3, 0.4) is 0 Å². The van der Waals surface area contributed by atoms with E-state index >= 15 is 0 Å². The highest BCUT2D eigenvalue weighted by molar-refractivity contribution is 5.17. The van der Waals surface area contributed by atoms with Gasteiger partial charge < -0.3 is 9.73 Å². The van der Waals surface area contributed by atoms with Crippen molar-refractivity contribution in [2.45, 2.75) is 33.4 Å².